The fraction of sp³-hybridized carbons (Fsp3) is 0.211. The molecule has 26 heavy (non-hydrogen) atoms. The molecule has 0 fully saturated rings. The van der Waals surface area contributed by atoms with E-state index >= 15 is 0 Å². The first-order chi connectivity index (χ1) is 12.5. The molecule has 134 valence electrons. The number of nitrogens with one attached hydrogen (secondary N) is 1. The van der Waals surface area contributed by atoms with E-state index in [-0.39, 0.29) is 13.1 Å². The molecule has 7 heteroatoms. The molecule has 1 heterocycles. The van der Waals surface area contributed by atoms with Crippen LogP contribution in [0.2, 0.25) is 0 Å². The van der Waals surface area contributed by atoms with Gasteiger partial charge in [0.1, 0.15) is 6.54 Å². The third kappa shape index (κ3) is 3.63. The van der Waals surface area contributed by atoms with Gasteiger partial charge < -0.3 is 10.4 Å². The number of fused-ring (bicyclic) bond motifs is 1. The van der Waals surface area contributed by atoms with E-state index in [2.05, 4.69) is 5.32 Å². The van der Waals surface area contributed by atoms with Crippen molar-refractivity contribution in [1.82, 2.24) is 10.2 Å². The van der Waals surface area contributed by atoms with Gasteiger partial charge in [0.05, 0.1) is 17.2 Å². The fourth-order valence-corrected chi connectivity index (χ4v) is 3.14. The first-order valence-corrected chi connectivity index (χ1v) is 9.27. The normalized spacial score (nSPS) is 14.3. The Morgan fingerprint density at radius 2 is 1.65 bits per heavy atom. The number of hydrogen-bond acceptors (Lipinski definition) is 5. The molecule has 3 rings (SSSR count). The van der Waals surface area contributed by atoms with E-state index in [1.165, 1.54) is 0 Å². The average Bonchev–Trinajstić information content (AvgIpc) is 2.91. The van der Waals surface area contributed by atoms with E-state index in [0.717, 1.165) is 9.80 Å². The second-order valence-electron chi connectivity index (χ2n) is 5.84. The summed E-state index contributed by atoms with van der Waals surface area (Å²) >= 11 is 1.60. The summed E-state index contributed by atoms with van der Waals surface area (Å²) in [5.41, 5.74) is 1.29. The van der Waals surface area contributed by atoms with Gasteiger partial charge in [-0.05, 0) is 36.1 Å². The highest BCUT2D eigenvalue weighted by Crippen LogP contribution is 2.22. The molecule has 0 bridgehead atoms. The van der Waals surface area contributed by atoms with Crippen LogP contribution in [0.3, 0.4) is 0 Å². The lowest BCUT2D eigenvalue weighted by Crippen LogP contribution is -2.41. The maximum atomic E-state index is 12.2. The van der Waals surface area contributed by atoms with Gasteiger partial charge in [-0.25, -0.2) is 0 Å². The van der Waals surface area contributed by atoms with Crippen molar-refractivity contribution in [2.24, 2.45) is 0 Å². The van der Waals surface area contributed by atoms with Gasteiger partial charge in [0.2, 0.25) is 5.91 Å². The van der Waals surface area contributed by atoms with E-state index in [1.54, 1.807) is 48.2 Å². The molecular formula is C19H18N2O4S. The minimum Gasteiger partial charge on any atom is -0.387 e. The highest BCUT2D eigenvalue weighted by Gasteiger charge is 2.36. The predicted molar refractivity (Wildman–Crippen MR) is 98.0 cm³/mol. The van der Waals surface area contributed by atoms with Crippen LogP contribution in [0.15, 0.2) is 53.4 Å². The van der Waals surface area contributed by atoms with Crippen molar-refractivity contribution in [3.63, 3.8) is 0 Å². The Labute approximate surface area is 155 Å². The molecule has 0 saturated heterocycles. The molecule has 2 aromatic carbocycles. The maximum Gasteiger partial charge on any atom is 0.262 e. The number of thioether (sulfide) groups is 1. The van der Waals surface area contributed by atoms with Gasteiger partial charge in [-0.1, -0.05) is 24.3 Å². The summed E-state index contributed by atoms with van der Waals surface area (Å²) in [6, 6.07) is 13.9. The van der Waals surface area contributed by atoms with Crippen LogP contribution in [0.5, 0.6) is 0 Å². The maximum absolute atomic E-state index is 12.2. The number of aliphatic hydroxyl groups excluding tert-OH is 1. The lowest BCUT2D eigenvalue weighted by atomic mass is 10.1. The van der Waals surface area contributed by atoms with Gasteiger partial charge in [-0.2, -0.15) is 0 Å². The number of imide groups is 1. The molecule has 0 spiro atoms. The van der Waals surface area contributed by atoms with E-state index in [0.29, 0.717) is 16.7 Å². The molecule has 1 unspecified atom stereocenters. The van der Waals surface area contributed by atoms with Crippen molar-refractivity contribution in [1.29, 1.82) is 0 Å². The summed E-state index contributed by atoms with van der Waals surface area (Å²) in [6.07, 6.45) is 1.10. The Morgan fingerprint density at radius 1 is 1.08 bits per heavy atom. The van der Waals surface area contributed by atoms with Crippen LogP contribution in [-0.4, -0.2) is 47.1 Å². The second kappa shape index (κ2) is 7.72. The number of carbonyl (C=O) groups excluding carboxylic acids is 3. The van der Waals surface area contributed by atoms with Crippen molar-refractivity contribution in [3.05, 3.63) is 65.2 Å². The molecule has 6 nitrogen and oxygen atoms in total. The van der Waals surface area contributed by atoms with Crippen LogP contribution in [-0.2, 0) is 4.79 Å². The minimum absolute atomic E-state index is 0.000612. The van der Waals surface area contributed by atoms with Crippen molar-refractivity contribution in [2.75, 3.05) is 19.3 Å². The Kier molecular flexibility index (Phi) is 5.39. The zero-order chi connectivity index (χ0) is 18.7. The first kappa shape index (κ1) is 18.2. The number of carbonyl (C=O) groups is 3. The topological polar surface area (TPSA) is 86.7 Å². The molecule has 2 aromatic rings. The number of nitrogens with zero attached hydrogens (tertiary/aromatic N) is 1. The van der Waals surface area contributed by atoms with E-state index in [9.17, 15) is 19.5 Å². The molecule has 0 aromatic heterocycles. The first-order valence-electron chi connectivity index (χ1n) is 8.05. The number of rotatable bonds is 6. The van der Waals surface area contributed by atoms with Crippen molar-refractivity contribution in [3.8, 4) is 0 Å². The summed E-state index contributed by atoms with van der Waals surface area (Å²) in [4.78, 5) is 38.6. The summed E-state index contributed by atoms with van der Waals surface area (Å²) in [7, 11) is 0. The van der Waals surface area contributed by atoms with E-state index in [4.69, 9.17) is 0 Å². The number of aliphatic hydroxyl groups is 1. The number of benzene rings is 2. The van der Waals surface area contributed by atoms with Crippen molar-refractivity contribution >= 4 is 29.5 Å². The molecule has 1 atom stereocenters. The molecule has 0 aliphatic carbocycles. The molecule has 1 aliphatic heterocycles. The molecule has 2 N–H and O–H groups in total. The standard InChI is InChI=1S/C19H18N2O4S/c1-26-13-8-6-12(7-9-13)16(22)10-20-17(23)11-21-18(24)14-4-2-3-5-15(14)19(21)25/h2-9,16,22H,10-11H2,1H3,(H,20,23). The zero-order valence-corrected chi connectivity index (χ0v) is 15.0. The molecule has 3 amide bonds. The van der Waals surface area contributed by atoms with Crippen LogP contribution in [0, 0.1) is 0 Å². The summed E-state index contributed by atoms with van der Waals surface area (Å²) in [5.74, 6) is -1.46. The van der Waals surface area contributed by atoms with Crippen LogP contribution >= 0.6 is 11.8 Å². The lowest BCUT2D eigenvalue weighted by molar-refractivity contribution is -0.121. The highest BCUT2D eigenvalue weighted by molar-refractivity contribution is 7.98. The van der Waals surface area contributed by atoms with Gasteiger partial charge in [-0.3, -0.25) is 19.3 Å². The smallest absolute Gasteiger partial charge is 0.262 e. The monoisotopic (exact) mass is 370 g/mol. The van der Waals surface area contributed by atoms with Crippen LogP contribution in [0.25, 0.3) is 0 Å². The van der Waals surface area contributed by atoms with Crippen LogP contribution in [0.4, 0.5) is 0 Å². The van der Waals surface area contributed by atoms with Gasteiger partial charge in [0.15, 0.2) is 0 Å². The zero-order valence-electron chi connectivity index (χ0n) is 14.1. The average molecular weight is 370 g/mol. The van der Waals surface area contributed by atoms with Gasteiger partial charge >= 0.3 is 0 Å². The summed E-state index contributed by atoms with van der Waals surface area (Å²) in [5, 5.41) is 12.7. The summed E-state index contributed by atoms with van der Waals surface area (Å²) < 4.78 is 0. The Balaban J connectivity index is 1.56. The fourth-order valence-electron chi connectivity index (χ4n) is 2.74. The molecular weight excluding hydrogens is 352 g/mol. The lowest BCUT2D eigenvalue weighted by Gasteiger charge is -2.16. The summed E-state index contributed by atoms with van der Waals surface area (Å²) in [6.45, 7) is -0.370. The Hall–Kier alpha value is -2.64. The van der Waals surface area contributed by atoms with Crippen LogP contribution < -0.4 is 5.32 Å². The van der Waals surface area contributed by atoms with Gasteiger partial charge in [0.25, 0.3) is 11.8 Å². The third-order valence-electron chi connectivity index (χ3n) is 4.17. The van der Waals surface area contributed by atoms with Crippen LogP contribution in [0.1, 0.15) is 32.4 Å². The molecule has 0 radical (unpaired) electrons. The van der Waals surface area contributed by atoms with E-state index < -0.39 is 23.8 Å². The van der Waals surface area contributed by atoms with Crippen molar-refractivity contribution in [2.45, 2.75) is 11.0 Å². The highest BCUT2D eigenvalue weighted by atomic mass is 32.2. The quantitative estimate of drug-likeness (QED) is 0.599. The molecule has 1 aliphatic rings. The third-order valence-corrected chi connectivity index (χ3v) is 4.92. The SMILES string of the molecule is CSc1ccc(C(O)CNC(=O)CN2C(=O)c3ccccc3C2=O)cc1. The molecule has 0 saturated carbocycles. The van der Waals surface area contributed by atoms with Gasteiger partial charge in [-0.15, -0.1) is 11.8 Å². The van der Waals surface area contributed by atoms with Gasteiger partial charge in [0, 0.05) is 11.4 Å². The largest absolute Gasteiger partial charge is 0.387 e. The van der Waals surface area contributed by atoms with E-state index in [1.807, 2.05) is 18.4 Å². The minimum atomic E-state index is -0.864. The number of amides is 3. The second-order valence-corrected chi connectivity index (χ2v) is 6.71. The number of hydrogen-bond donors (Lipinski definition) is 2. The predicted octanol–water partition coefficient (Wildman–Crippen LogP) is 1.85. The van der Waals surface area contributed by atoms with Crippen molar-refractivity contribution < 1.29 is 19.5 Å². The Bertz CT molecular complexity index is 816. The Morgan fingerprint density at radius 3 is 2.19 bits per heavy atom.